The molecule has 0 bridgehead atoms. The maximum absolute atomic E-state index is 3.72. The van der Waals surface area contributed by atoms with Crippen LogP contribution in [-0.4, -0.2) is 36.6 Å². The van der Waals surface area contributed by atoms with E-state index in [2.05, 4.69) is 31.0 Å². The van der Waals surface area contributed by atoms with Gasteiger partial charge >= 0.3 is 0 Å². The first-order valence-electron chi connectivity index (χ1n) is 9.18. The van der Waals surface area contributed by atoms with Crippen LogP contribution in [0.2, 0.25) is 0 Å². The highest BCUT2D eigenvalue weighted by Gasteiger charge is 2.36. The van der Waals surface area contributed by atoms with Gasteiger partial charge in [0.1, 0.15) is 0 Å². The van der Waals surface area contributed by atoms with Crippen LogP contribution in [0, 0.1) is 11.8 Å². The summed E-state index contributed by atoms with van der Waals surface area (Å²) >= 11 is 0. The highest BCUT2D eigenvalue weighted by atomic mass is 15.2. The third-order valence-corrected chi connectivity index (χ3v) is 5.31. The molecule has 2 heteroatoms. The molecular formula is C18H36N2. The lowest BCUT2D eigenvalue weighted by Crippen LogP contribution is -2.54. The van der Waals surface area contributed by atoms with Crippen molar-refractivity contribution >= 4 is 0 Å². The molecule has 1 unspecified atom stereocenters. The lowest BCUT2D eigenvalue weighted by molar-refractivity contribution is 0.0224. The van der Waals surface area contributed by atoms with E-state index in [0.717, 1.165) is 23.9 Å². The van der Waals surface area contributed by atoms with E-state index in [4.69, 9.17) is 0 Å². The van der Waals surface area contributed by atoms with Crippen molar-refractivity contribution in [3.05, 3.63) is 0 Å². The quantitative estimate of drug-likeness (QED) is 0.756. The van der Waals surface area contributed by atoms with Gasteiger partial charge in [0.2, 0.25) is 0 Å². The van der Waals surface area contributed by atoms with Gasteiger partial charge in [-0.05, 0) is 57.0 Å². The molecule has 118 valence electrons. The van der Waals surface area contributed by atoms with Gasteiger partial charge in [-0.2, -0.15) is 0 Å². The maximum Gasteiger partial charge on any atom is 0.0223 e. The fraction of sp³-hybridized carbons (Fsp3) is 1.00. The van der Waals surface area contributed by atoms with E-state index in [-0.39, 0.29) is 0 Å². The molecule has 1 aliphatic carbocycles. The molecule has 0 aromatic heterocycles. The van der Waals surface area contributed by atoms with Gasteiger partial charge in [0.05, 0.1) is 0 Å². The first-order chi connectivity index (χ1) is 9.72. The zero-order valence-electron chi connectivity index (χ0n) is 14.0. The standard InChI is InChI=1S/C18H36N2/c1-4-8-17(14-19-13-15(2)3)20-12-7-10-16-9-5-6-11-18(16)20/h15-19H,4-14H2,1-3H3/t16-,17?,18-/m1/s1. The molecule has 0 aromatic rings. The van der Waals surface area contributed by atoms with Gasteiger partial charge in [-0.3, -0.25) is 4.90 Å². The molecule has 1 heterocycles. The van der Waals surface area contributed by atoms with Crippen molar-refractivity contribution in [3.8, 4) is 0 Å². The van der Waals surface area contributed by atoms with Crippen LogP contribution in [0.25, 0.3) is 0 Å². The van der Waals surface area contributed by atoms with Crippen LogP contribution < -0.4 is 5.32 Å². The lowest BCUT2D eigenvalue weighted by atomic mass is 9.77. The Bertz CT molecular complexity index is 262. The molecule has 1 saturated carbocycles. The second-order valence-corrected chi connectivity index (χ2v) is 7.49. The molecule has 3 atom stereocenters. The molecule has 2 nitrogen and oxygen atoms in total. The van der Waals surface area contributed by atoms with E-state index in [1.54, 1.807) is 0 Å². The van der Waals surface area contributed by atoms with Crippen molar-refractivity contribution in [2.24, 2.45) is 11.8 Å². The Morgan fingerprint density at radius 3 is 2.55 bits per heavy atom. The van der Waals surface area contributed by atoms with Gasteiger partial charge in [0, 0.05) is 18.6 Å². The second-order valence-electron chi connectivity index (χ2n) is 7.49. The summed E-state index contributed by atoms with van der Waals surface area (Å²) in [5.41, 5.74) is 0. The second kappa shape index (κ2) is 8.38. The Morgan fingerprint density at radius 1 is 1.05 bits per heavy atom. The van der Waals surface area contributed by atoms with Crippen molar-refractivity contribution in [3.63, 3.8) is 0 Å². The summed E-state index contributed by atoms with van der Waals surface area (Å²) in [6.07, 6.45) is 11.5. The van der Waals surface area contributed by atoms with Gasteiger partial charge in [0.25, 0.3) is 0 Å². The topological polar surface area (TPSA) is 15.3 Å². The average Bonchev–Trinajstić information content (AvgIpc) is 2.45. The molecule has 1 aliphatic heterocycles. The summed E-state index contributed by atoms with van der Waals surface area (Å²) in [4.78, 5) is 2.91. The van der Waals surface area contributed by atoms with Gasteiger partial charge < -0.3 is 5.32 Å². The summed E-state index contributed by atoms with van der Waals surface area (Å²) < 4.78 is 0. The van der Waals surface area contributed by atoms with Crippen LogP contribution in [0.3, 0.4) is 0 Å². The number of nitrogens with zero attached hydrogens (tertiary/aromatic N) is 1. The van der Waals surface area contributed by atoms with Crippen molar-refractivity contribution < 1.29 is 0 Å². The minimum atomic E-state index is 0.765. The largest absolute Gasteiger partial charge is 0.315 e. The van der Waals surface area contributed by atoms with E-state index in [0.29, 0.717) is 0 Å². The summed E-state index contributed by atoms with van der Waals surface area (Å²) in [5.74, 6) is 1.78. The predicted octanol–water partition coefficient (Wildman–Crippen LogP) is 4.06. The van der Waals surface area contributed by atoms with Gasteiger partial charge in [0.15, 0.2) is 0 Å². The Hall–Kier alpha value is -0.0800. The third kappa shape index (κ3) is 4.46. The zero-order valence-corrected chi connectivity index (χ0v) is 14.0. The number of fused-ring (bicyclic) bond motifs is 1. The minimum absolute atomic E-state index is 0.765. The molecule has 2 fully saturated rings. The van der Waals surface area contributed by atoms with E-state index >= 15 is 0 Å². The zero-order chi connectivity index (χ0) is 14.4. The number of piperidine rings is 1. The maximum atomic E-state index is 3.72. The number of hydrogen-bond acceptors (Lipinski definition) is 2. The highest BCUT2D eigenvalue weighted by molar-refractivity contribution is 4.91. The molecule has 2 aliphatic rings. The molecule has 20 heavy (non-hydrogen) atoms. The normalized spacial score (nSPS) is 29.4. The lowest BCUT2D eigenvalue weighted by Gasteiger charge is -2.48. The molecule has 0 radical (unpaired) electrons. The average molecular weight is 280 g/mol. The summed E-state index contributed by atoms with van der Waals surface area (Å²) in [5, 5.41) is 3.72. The van der Waals surface area contributed by atoms with Crippen LogP contribution in [0.1, 0.15) is 72.1 Å². The first kappa shape index (κ1) is 16.3. The Balaban J connectivity index is 1.91. The third-order valence-electron chi connectivity index (χ3n) is 5.31. The number of nitrogens with one attached hydrogen (secondary N) is 1. The van der Waals surface area contributed by atoms with E-state index in [1.807, 2.05) is 0 Å². The van der Waals surface area contributed by atoms with Crippen LogP contribution in [0.15, 0.2) is 0 Å². The van der Waals surface area contributed by atoms with Crippen molar-refractivity contribution in [2.45, 2.75) is 84.2 Å². The highest BCUT2D eigenvalue weighted by Crippen LogP contribution is 2.36. The van der Waals surface area contributed by atoms with Gasteiger partial charge in [-0.15, -0.1) is 0 Å². The molecule has 1 saturated heterocycles. The Kier molecular flexibility index (Phi) is 6.83. The Labute approximate surface area is 126 Å². The van der Waals surface area contributed by atoms with Gasteiger partial charge in [-0.25, -0.2) is 0 Å². The predicted molar refractivity (Wildman–Crippen MR) is 88.1 cm³/mol. The number of hydrogen-bond donors (Lipinski definition) is 1. The molecule has 1 N–H and O–H groups in total. The number of rotatable bonds is 7. The molecule has 0 amide bonds. The summed E-state index contributed by atoms with van der Waals surface area (Å²) in [6, 6.07) is 1.69. The van der Waals surface area contributed by atoms with Crippen LogP contribution in [0.5, 0.6) is 0 Å². The van der Waals surface area contributed by atoms with Crippen LogP contribution >= 0.6 is 0 Å². The fourth-order valence-electron chi connectivity index (χ4n) is 4.37. The Morgan fingerprint density at radius 2 is 1.80 bits per heavy atom. The monoisotopic (exact) mass is 280 g/mol. The molecule has 0 aromatic carbocycles. The minimum Gasteiger partial charge on any atom is -0.315 e. The number of likely N-dealkylation sites (tertiary alicyclic amines) is 1. The SMILES string of the molecule is CCCC(CNCC(C)C)N1CCC[C@H]2CCCC[C@H]21. The van der Waals surface area contributed by atoms with Crippen molar-refractivity contribution in [2.75, 3.05) is 19.6 Å². The van der Waals surface area contributed by atoms with Crippen LogP contribution in [-0.2, 0) is 0 Å². The van der Waals surface area contributed by atoms with E-state index in [1.165, 1.54) is 71.0 Å². The molecule has 0 spiro atoms. The smallest absolute Gasteiger partial charge is 0.0223 e. The molecule has 2 rings (SSSR count). The summed E-state index contributed by atoms with van der Waals surface area (Å²) in [6.45, 7) is 10.7. The molecular weight excluding hydrogens is 244 g/mol. The van der Waals surface area contributed by atoms with Crippen molar-refractivity contribution in [1.82, 2.24) is 10.2 Å². The first-order valence-corrected chi connectivity index (χ1v) is 9.18. The van der Waals surface area contributed by atoms with E-state index in [9.17, 15) is 0 Å². The van der Waals surface area contributed by atoms with Gasteiger partial charge in [-0.1, -0.05) is 40.0 Å². The van der Waals surface area contributed by atoms with E-state index < -0.39 is 0 Å². The van der Waals surface area contributed by atoms with Crippen LogP contribution in [0.4, 0.5) is 0 Å². The van der Waals surface area contributed by atoms with Crippen molar-refractivity contribution in [1.29, 1.82) is 0 Å². The summed E-state index contributed by atoms with van der Waals surface area (Å²) in [7, 11) is 0. The fourth-order valence-corrected chi connectivity index (χ4v) is 4.37.